The van der Waals surface area contributed by atoms with Gasteiger partial charge in [0.25, 0.3) is 0 Å². The lowest BCUT2D eigenvalue weighted by Gasteiger charge is -2.09. The third-order valence-electron chi connectivity index (χ3n) is 2.43. The second-order valence-electron chi connectivity index (χ2n) is 3.89. The molecule has 0 spiro atoms. The predicted molar refractivity (Wildman–Crippen MR) is 67.5 cm³/mol. The minimum atomic E-state index is -0.625. The van der Waals surface area contributed by atoms with Crippen LogP contribution in [0.25, 0.3) is 6.08 Å². The summed E-state index contributed by atoms with van der Waals surface area (Å²) in [6.07, 6.45) is 1.92. The van der Waals surface area contributed by atoms with Crippen LogP contribution in [0.1, 0.15) is 25.8 Å². The number of carbonyl (C=O) groups excluding carboxylic acids is 1. The normalized spacial score (nSPS) is 12.6. The monoisotopic (exact) mass is 245 g/mol. The zero-order valence-corrected chi connectivity index (χ0v) is 10.4. The second-order valence-corrected chi connectivity index (χ2v) is 3.89. The Balaban J connectivity index is 2.86. The first-order chi connectivity index (χ1) is 8.56. The molecule has 0 aromatic heterocycles. The number of esters is 1. The van der Waals surface area contributed by atoms with Gasteiger partial charge in [0.05, 0.1) is 6.10 Å². The first-order valence-electron chi connectivity index (χ1n) is 5.68. The molecule has 0 bridgehead atoms. The number of nitrogens with zero attached hydrogens (tertiary/aromatic N) is 1. The van der Waals surface area contributed by atoms with Crippen molar-refractivity contribution in [2.75, 3.05) is 0 Å². The molecule has 1 rings (SSSR count). The Hall–Kier alpha value is -2.28. The number of hydrogen-bond acceptors (Lipinski definition) is 4. The molecule has 0 heterocycles. The number of hydrogen-bond donors (Lipinski definition) is 1. The van der Waals surface area contributed by atoms with Crippen LogP contribution >= 0.6 is 0 Å². The van der Waals surface area contributed by atoms with Crippen molar-refractivity contribution in [3.8, 4) is 11.8 Å². The maximum Gasteiger partial charge on any atom is 0.349 e. The highest BCUT2D eigenvalue weighted by molar-refractivity contribution is 5.97. The lowest BCUT2D eigenvalue weighted by atomic mass is 10.1. The Labute approximate surface area is 106 Å². The number of rotatable bonds is 4. The summed E-state index contributed by atoms with van der Waals surface area (Å²) in [5, 5.41) is 18.1. The van der Waals surface area contributed by atoms with Crippen molar-refractivity contribution < 1.29 is 14.6 Å². The molecule has 0 fully saturated rings. The van der Waals surface area contributed by atoms with Crippen LogP contribution in [0.3, 0.4) is 0 Å². The fourth-order valence-electron chi connectivity index (χ4n) is 1.20. The van der Waals surface area contributed by atoms with Crippen LogP contribution in [0.4, 0.5) is 0 Å². The summed E-state index contributed by atoms with van der Waals surface area (Å²) in [7, 11) is 0. The van der Waals surface area contributed by atoms with E-state index in [0.717, 1.165) is 0 Å². The fourth-order valence-corrected chi connectivity index (χ4v) is 1.20. The summed E-state index contributed by atoms with van der Waals surface area (Å²) in [6.45, 7) is 3.67. The standard InChI is InChI=1S/C14H15NO3/c1-3-10(2)18-14(17)12(9-15)8-11-4-6-13(16)7-5-11/h4-8,10,16H,3H2,1-2H3. The van der Waals surface area contributed by atoms with Gasteiger partial charge in [0.2, 0.25) is 0 Å². The maximum atomic E-state index is 11.7. The lowest BCUT2D eigenvalue weighted by Crippen LogP contribution is -2.15. The average Bonchev–Trinajstić information content (AvgIpc) is 2.37. The van der Waals surface area contributed by atoms with E-state index in [2.05, 4.69) is 0 Å². The first-order valence-corrected chi connectivity index (χ1v) is 5.68. The van der Waals surface area contributed by atoms with Crippen LogP contribution < -0.4 is 0 Å². The number of nitriles is 1. The number of phenolic OH excluding ortho intramolecular Hbond substituents is 1. The van der Waals surface area contributed by atoms with Gasteiger partial charge in [-0.15, -0.1) is 0 Å². The summed E-state index contributed by atoms with van der Waals surface area (Å²) in [5.41, 5.74) is 0.603. The molecule has 1 unspecified atom stereocenters. The van der Waals surface area contributed by atoms with Gasteiger partial charge in [0.15, 0.2) is 0 Å². The molecule has 0 saturated heterocycles. The SMILES string of the molecule is CCC(C)OC(=O)C(C#N)=Cc1ccc(O)cc1. The average molecular weight is 245 g/mol. The first kappa shape index (κ1) is 13.8. The number of ether oxygens (including phenoxy) is 1. The van der Waals surface area contributed by atoms with E-state index in [1.807, 2.05) is 13.0 Å². The number of benzene rings is 1. The highest BCUT2D eigenvalue weighted by Crippen LogP contribution is 2.13. The number of aromatic hydroxyl groups is 1. The van der Waals surface area contributed by atoms with Crippen molar-refractivity contribution >= 4 is 12.0 Å². The third-order valence-corrected chi connectivity index (χ3v) is 2.43. The molecule has 0 aliphatic carbocycles. The number of carbonyl (C=O) groups is 1. The minimum absolute atomic E-state index is 0.0546. The van der Waals surface area contributed by atoms with Crippen molar-refractivity contribution in [3.05, 3.63) is 35.4 Å². The summed E-state index contributed by atoms with van der Waals surface area (Å²) < 4.78 is 5.07. The molecular weight excluding hydrogens is 230 g/mol. The van der Waals surface area contributed by atoms with E-state index in [1.54, 1.807) is 19.1 Å². The lowest BCUT2D eigenvalue weighted by molar-refractivity contribution is -0.142. The van der Waals surface area contributed by atoms with Crippen LogP contribution in [0.5, 0.6) is 5.75 Å². The van der Waals surface area contributed by atoms with E-state index in [1.165, 1.54) is 18.2 Å². The van der Waals surface area contributed by atoms with Gasteiger partial charge < -0.3 is 9.84 Å². The van der Waals surface area contributed by atoms with Crippen LogP contribution in [-0.4, -0.2) is 17.2 Å². The van der Waals surface area contributed by atoms with Gasteiger partial charge in [0, 0.05) is 0 Å². The van der Waals surface area contributed by atoms with E-state index in [0.29, 0.717) is 12.0 Å². The van der Waals surface area contributed by atoms with Crippen molar-refractivity contribution in [1.29, 1.82) is 5.26 Å². The van der Waals surface area contributed by atoms with E-state index < -0.39 is 5.97 Å². The summed E-state index contributed by atoms with van der Waals surface area (Å²) >= 11 is 0. The van der Waals surface area contributed by atoms with Gasteiger partial charge in [-0.1, -0.05) is 19.1 Å². The van der Waals surface area contributed by atoms with Crippen LogP contribution in [0, 0.1) is 11.3 Å². The predicted octanol–water partition coefficient (Wildman–Crippen LogP) is 2.64. The Morgan fingerprint density at radius 1 is 1.50 bits per heavy atom. The zero-order valence-electron chi connectivity index (χ0n) is 10.4. The maximum absolute atomic E-state index is 11.7. The van der Waals surface area contributed by atoms with Crippen LogP contribution in [0.2, 0.25) is 0 Å². The molecule has 1 atom stereocenters. The summed E-state index contributed by atoms with van der Waals surface area (Å²) in [5.74, 6) is -0.493. The molecule has 0 aliphatic heterocycles. The van der Waals surface area contributed by atoms with Crippen molar-refractivity contribution in [2.45, 2.75) is 26.4 Å². The second kappa shape index (κ2) is 6.45. The third kappa shape index (κ3) is 3.95. The topological polar surface area (TPSA) is 70.3 Å². The van der Waals surface area contributed by atoms with Crippen molar-refractivity contribution in [1.82, 2.24) is 0 Å². The molecule has 0 radical (unpaired) electrons. The van der Waals surface area contributed by atoms with Gasteiger partial charge in [-0.25, -0.2) is 4.79 Å². The van der Waals surface area contributed by atoms with E-state index in [9.17, 15) is 4.79 Å². The van der Waals surface area contributed by atoms with Gasteiger partial charge in [-0.05, 0) is 37.1 Å². The van der Waals surface area contributed by atoms with Gasteiger partial charge in [-0.2, -0.15) is 5.26 Å². The van der Waals surface area contributed by atoms with Gasteiger partial charge >= 0.3 is 5.97 Å². The highest BCUT2D eigenvalue weighted by atomic mass is 16.5. The molecule has 18 heavy (non-hydrogen) atoms. The Morgan fingerprint density at radius 2 is 2.11 bits per heavy atom. The molecule has 1 N–H and O–H groups in total. The quantitative estimate of drug-likeness (QED) is 0.503. The fraction of sp³-hybridized carbons (Fsp3) is 0.286. The van der Waals surface area contributed by atoms with E-state index >= 15 is 0 Å². The Bertz CT molecular complexity index is 483. The van der Waals surface area contributed by atoms with Gasteiger partial charge in [0.1, 0.15) is 17.4 Å². The molecule has 94 valence electrons. The molecule has 1 aromatic rings. The molecule has 0 saturated carbocycles. The molecule has 0 amide bonds. The van der Waals surface area contributed by atoms with Crippen molar-refractivity contribution in [3.63, 3.8) is 0 Å². The van der Waals surface area contributed by atoms with Crippen molar-refractivity contribution in [2.24, 2.45) is 0 Å². The van der Waals surface area contributed by atoms with E-state index in [-0.39, 0.29) is 17.4 Å². The van der Waals surface area contributed by atoms with Crippen LogP contribution in [0.15, 0.2) is 29.8 Å². The van der Waals surface area contributed by atoms with Crippen LogP contribution in [-0.2, 0) is 9.53 Å². The zero-order chi connectivity index (χ0) is 13.5. The smallest absolute Gasteiger partial charge is 0.349 e. The molecule has 4 heteroatoms. The number of phenols is 1. The Kier molecular flexibility index (Phi) is 4.94. The Morgan fingerprint density at radius 3 is 2.61 bits per heavy atom. The molecule has 4 nitrogen and oxygen atoms in total. The largest absolute Gasteiger partial charge is 0.508 e. The minimum Gasteiger partial charge on any atom is -0.508 e. The summed E-state index contributed by atoms with van der Waals surface area (Å²) in [6, 6.07) is 8.02. The molecule has 1 aromatic carbocycles. The molecule has 0 aliphatic rings. The highest BCUT2D eigenvalue weighted by Gasteiger charge is 2.13. The van der Waals surface area contributed by atoms with E-state index in [4.69, 9.17) is 15.1 Å². The van der Waals surface area contributed by atoms with Gasteiger partial charge in [-0.3, -0.25) is 0 Å². The molecular formula is C14H15NO3. The summed E-state index contributed by atoms with van der Waals surface area (Å²) in [4.78, 5) is 11.7.